The molecular formula is C18H27N5O3. The topological polar surface area (TPSA) is 81.4 Å². The molecule has 1 aliphatic rings. The average molecular weight is 361 g/mol. The Kier molecular flexibility index (Phi) is 5.92. The Hall–Kier alpha value is -2.35. The van der Waals surface area contributed by atoms with Crippen molar-refractivity contribution in [2.75, 3.05) is 33.4 Å². The van der Waals surface area contributed by atoms with Gasteiger partial charge in [-0.25, -0.2) is 14.6 Å². The number of rotatable bonds is 6. The highest BCUT2D eigenvalue weighted by molar-refractivity contribution is 5.74. The van der Waals surface area contributed by atoms with Gasteiger partial charge in [-0.15, -0.1) is 0 Å². The highest BCUT2D eigenvalue weighted by Gasteiger charge is 2.28. The van der Waals surface area contributed by atoms with Crippen molar-refractivity contribution in [1.82, 2.24) is 24.3 Å². The first-order valence-electron chi connectivity index (χ1n) is 9.24. The summed E-state index contributed by atoms with van der Waals surface area (Å²) < 4.78 is 8.60. The van der Waals surface area contributed by atoms with Gasteiger partial charge >= 0.3 is 11.7 Å². The van der Waals surface area contributed by atoms with Crippen LogP contribution in [0, 0.1) is 0 Å². The summed E-state index contributed by atoms with van der Waals surface area (Å²) in [6.45, 7) is 4.88. The Morgan fingerprint density at radius 1 is 1.46 bits per heavy atom. The zero-order valence-corrected chi connectivity index (χ0v) is 15.5. The van der Waals surface area contributed by atoms with E-state index >= 15 is 0 Å². The molecule has 2 aromatic heterocycles. The van der Waals surface area contributed by atoms with Crippen molar-refractivity contribution in [3.05, 3.63) is 28.8 Å². The van der Waals surface area contributed by atoms with Gasteiger partial charge in [0.05, 0.1) is 24.7 Å². The summed E-state index contributed by atoms with van der Waals surface area (Å²) in [7, 11) is 1.62. The van der Waals surface area contributed by atoms with Crippen molar-refractivity contribution in [1.29, 1.82) is 0 Å². The summed E-state index contributed by atoms with van der Waals surface area (Å²) in [4.78, 5) is 31.6. The smallest absolute Gasteiger partial charge is 0.330 e. The van der Waals surface area contributed by atoms with Crippen LogP contribution < -0.4 is 11.0 Å². The van der Waals surface area contributed by atoms with Crippen LogP contribution in [0.25, 0.3) is 11.2 Å². The van der Waals surface area contributed by atoms with E-state index in [1.807, 2.05) is 19.1 Å². The number of imidazole rings is 1. The number of methoxy groups -OCH3 is 1. The number of fused-ring (bicyclic) bond motifs is 1. The lowest BCUT2D eigenvalue weighted by Gasteiger charge is -2.33. The van der Waals surface area contributed by atoms with Gasteiger partial charge in [-0.1, -0.05) is 6.92 Å². The molecular weight excluding hydrogens is 334 g/mol. The summed E-state index contributed by atoms with van der Waals surface area (Å²) in [5.41, 5.74) is 1.40. The van der Waals surface area contributed by atoms with Crippen LogP contribution in [0.15, 0.2) is 23.1 Å². The van der Waals surface area contributed by atoms with Crippen LogP contribution in [-0.2, 0) is 11.3 Å². The van der Waals surface area contributed by atoms with Gasteiger partial charge in [-0.2, -0.15) is 0 Å². The van der Waals surface area contributed by atoms with Gasteiger partial charge < -0.3 is 15.0 Å². The molecule has 2 aromatic rings. The molecule has 1 aliphatic heterocycles. The van der Waals surface area contributed by atoms with Crippen molar-refractivity contribution in [3.63, 3.8) is 0 Å². The van der Waals surface area contributed by atoms with E-state index in [0.29, 0.717) is 31.9 Å². The zero-order chi connectivity index (χ0) is 18.5. The number of hydrogen-bond donors (Lipinski definition) is 1. The summed E-state index contributed by atoms with van der Waals surface area (Å²) >= 11 is 0. The first-order valence-corrected chi connectivity index (χ1v) is 9.24. The van der Waals surface area contributed by atoms with Crippen molar-refractivity contribution in [3.8, 4) is 0 Å². The quantitative estimate of drug-likeness (QED) is 0.847. The SMILES string of the molecule is CCCNC(=O)N1CCC[C@H](n2c(=O)n(CCOC)c3cccnc32)C1. The second-order valence-corrected chi connectivity index (χ2v) is 6.62. The van der Waals surface area contributed by atoms with Gasteiger partial charge in [0.15, 0.2) is 5.65 Å². The second-order valence-electron chi connectivity index (χ2n) is 6.62. The third-order valence-electron chi connectivity index (χ3n) is 4.82. The highest BCUT2D eigenvalue weighted by Crippen LogP contribution is 2.24. The van der Waals surface area contributed by atoms with E-state index in [1.165, 1.54) is 0 Å². The minimum Gasteiger partial charge on any atom is -0.383 e. The third-order valence-corrected chi connectivity index (χ3v) is 4.82. The molecule has 0 aliphatic carbocycles. The summed E-state index contributed by atoms with van der Waals surface area (Å²) in [6, 6.07) is 3.62. The number of aromatic nitrogens is 3. The molecule has 0 unspecified atom stereocenters. The normalized spacial score (nSPS) is 17.6. The number of amides is 2. The first-order chi connectivity index (χ1) is 12.7. The Labute approximate surface area is 152 Å². The lowest BCUT2D eigenvalue weighted by Crippen LogP contribution is -2.47. The number of pyridine rings is 1. The minimum atomic E-state index is -0.0865. The van der Waals surface area contributed by atoms with Crippen LogP contribution in [0.1, 0.15) is 32.2 Å². The Bertz CT molecular complexity index is 813. The van der Waals surface area contributed by atoms with Crippen LogP contribution in [0.2, 0.25) is 0 Å². The maximum absolute atomic E-state index is 13.1. The number of piperidine rings is 1. The van der Waals surface area contributed by atoms with E-state index in [4.69, 9.17) is 4.74 Å². The fourth-order valence-electron chi connectivity index (χ4n) is 3.53. The number of carbonyl (C=O) groups is 1. The van der Waals surface area contributed by atoms with Crippen LogP contribution in [-0.4, -0.2) is 58.4 Å². The van der Waals surface area contributed by atoms with E-state index in [1.54, 1.807) is 27.3 Å². The van der Waals surface area contributed by atoms with Crippen molar-refractivity contribution in [2.24, 2.45) is 0 Å². The summed E-state index contributed by atoms with van der Waals surface area (Å²) in [5, 5.41) is 2.92. The molecule has 1 fully saturated rings. The molecule has 0 saturated carbocycles. The van der Waals surface area contributed by atoms with Crippen LogP contribution in [0.4, 0.5) is 4.79 Å². The van der Waals surface area contributed by atoms with E-state index in [0.717, 1.165) is 31.3 Å². The number of nitrogens with one attached hydrogen (secondary N) is 1. The first kappa shape index (κ1) is 18.4. The fourth-order valence-corrected chi connectivity index (χ4v) is 3.53. The Morgan fingerprint density at radius 3 is 3.08 bits per heavy atom. The number of nitrogens with zero attached hydrogens (tertiary/aromatic N) is 4. The molecule has 0 radical (unpaired) electrons. The number of likely N-dealkylation sites (tertiary alicyclic amines) is 1. The maximum Gasteiger partial charge on any atom is 0.330 e. The van der Waals surface area contributed by atoms with E-state index in [2.05, 4.69) is 10.3 Å². The molecule has 2 amide bonds. The molecule has 1 atom stereocenters. The summed E-state index contributed by atoms with van der Waals surface area (Å²) in [6.07, 6.45) is 4.33. The lowest BCUT2D eigenvalue weighted by atomic mass is 10.1. The van der Waals surface area contributed by atoms with Gasteiger partial charge in [-0.05, 0) is 31.4 Å². The Morgan fingerprint density at radius 2 is 2.31 bits per heavy atom. The van der Waals surface area contributed by atoms with Gasteiger partial charge in [0, 0.05) is 32.9 Å². The predicted molar refractivity (Wildman–Crippen MR) is 99.4 cm³/mol. The predicted octanol–water partition coefficient (Wildman–Crippen LogP) is 1.60. The van der Waals surface area contributed by atoms with Gasteiger partial charge in [0.2, 0.25) is 0 Å². The van der Waals surface area contributed by atoms with Crippen LogP contribution in [0.5, 0.6) is 0 Å². The van der Waals surface area contributed by atoms with E-state index in [9.17, 15) is 9.59 Å². The van der Waals surface area contributed by atoms with E-state index < -0.39 is 0 Å². The second kappa shape index (κ2) is 8.35. The van der Waals surface area contributed by atoms with Crippen LogP contribution in [0.3, 0.4) is 0 Å². The molecule has 3 rings (SSSR count). The lowest BCUT2D eigenvalue weighted by molar-refractivity contribution is 0.166. The standard InChI is InChI=1S/C18H27N5O3/c1-3-8-20-17(24)21-10-5-6-14(13-21)23-16-15(7-4-9-19-16)22(18(23)25)11-12-26-2/h4,7,9,14H,3,5-6,8,10-13H2,1-2H3,(H,20,24)/t14-/m0/s1. The summed E-state index contributed by atoms with van der Waals surface area (Å²) in [5.74, 6) is 0. The Balaban J connectivity index is 1.91. The van der Waals surface area contributed by atoms with Crippen LogP contribution >= 0.6 is 0 Å². The molecule has 8 nitrogen and oxygen atoms in total. The monoisotopic (exact) mass is 361 g/mol. The van der Waals surface area contributed by atoms with Crippen molar-refractivity contribution in [2.45, 2.75) is 38.8 Å². The minimum absolute atomic E-state index is 0.0549. The van der Waals surface area contributed by atoms with Crippen molar-refractivity contribution < 1.29 is 9.53 Å². The zero-order valence-electron chi connectivity index (χ0n) is 15.5. The maximum atomic E-state index is 13.1. The van der Waals surface area contributed by atoms with Crippen molar-refractivity contribution >= 4 is 17.2 Å². The van der Waals surface area contributed by atoms with E-state index in [-0.39, 0.29) is 17.8 Å². The number of ether oxygens (including phenoxy) is 1. The molecule has 0 aromatic carbocycles. The molecule has 0 bridgehead atoms. The van der Waals surface area contributed by atoms with Gasteiger partial charge in [0.25, 0.3) is 0 Å². The fraction of sp³-hybridized carbons (Fsp3) is 0.611. The highest BCUT2D eigenvalue weighted by atomic mass is 16.5. The molecule has 1 N–H and O–H groups in total. The molecule has 1 saturated heterocycles. The number of carbonyl (C=O) groups excluding carboxylic acids is 1. The number of hydrogen-bond acceptors (Lipinski definition) is 4. The molecule has 8 heteroatoms. The molecule has 0 spiro atoms. The van der Waals surface area contributed by atoms with Gasteiger partial charge in [0.1, 0.15) is 0 Å². The molecule has 3 heterocycles. The molecule has 142 valence electrons. The largest absolute Gasteiger partial charge is 0.383 e. The van der Waals surface area contributed by atoms with Gasteiger partial charge in [-0.3, -0.25) is 9.13 Å². The third kappa shape index (κ3) is 3.60. The molecule has 26 heavy (non-hydrogen) atoms. The number of urea groups is 1. The average Bonchev–Trinajstić information content (AvgIpc) is 2.95.